The van der Waals surface area contributed by atoms with Crippen LogP contribution in [0, 0.1) is 6.92 Å². The molecule has 0 saturated heterocycles. The number of ether oxygens (including phenoxy) is 1. The molecule has 2 unspecified atom stereocenters. The van der Waals surface area contributed by atoms with Gasteiger partial charge in [0.15, 0.2) is 0 Å². The summed E-state index contributed by atoms with van der Waals surface area (Å²) in [7, 11) is 0. The number of aromatic nitrogens is 3. The van der Waals surface area contributed by atoms with E-state index in [2.05, 4.69) is 83.8 Å². The molecule has 0 saturated carbocycles. The fraction of sp³-hybridized carbons (Fsp3) is 0.185. The van der Waals surface area contributed by atoms with Gasteiger partial charge in [0.05, 0.1) is 5.70 Å². The highest BCUT2D eigenvalue weighted by molar-refractivity contribution is 5.85. The molecule has 2 atom stereocenters. The van der Waals surface area contributed by atoms with Crippen LogP contribution in [0.5, 0.6) is 5.75 Å². The number of aryl methyl sites for hydroxylation is 2. The highest BCUT2D eigenvalue weighted by atomic mass is 16.5. The predicted molar refractivity (Wildman–Crippen MR) is 126 cm³/mol. The molecule has 2 aliphatic rings. The zero-order valence-corrected chi connectivity index (χ0v) is 18.1. The van der Waals surface area contributed by atoms with Gasteiger partial charge in [0.2, 0.25) is 5.95 Å². The van der Waals surface area contributed by atoms with E-state index in [4.69, 9.17) is 4.74 Å². The van der Waals surface area contributed by atoms with Crippen LogP contribution < -0.4 is 10.1 Å². The number of nitrogens with one attached hydrogen (secondary N) is 1. The molecule has 4 aromatic rings. The van der Waals surface area contributed by atoms with Crippen molar-refractivity contribution in [3.8, 4) is 5.75 Å². The molecular formula is C27H24N4O. The van der Waals surface area contributed by atoms with E-state index >= 15 is 0 Å². The summed E-state index contributed by atoms with van der Waals surface area (Å²) in [5.74, 6) is 1.62. The Morgan fingerprint density at radius 1 is 0.938 bits per heavy atom. The number of nitrogens with zero attached hydrogens (tertiary/aromatic N) is 3. The van der Waals surface area contributed by atoms with Crippen LogP contribution in [0.25, 0.3) is 5.70 Å². The lowest BCUT2D eigenvalue weighted by Crippen LogP contribution is -2.32. The van der Waals surface area contributed by atoms with Crippen LogP contribution in [-0.2, 0) is 6.42 Å². The second kappa shape index (κ2) is 7.38. The van der Waals surface area contributed by atoms with Crippen molar-refractivity contribution in [2.24, 2.45) is 0 Å². The number of hydrogen-bond acceptors (Lipinski definition) is 4. The van der Waals surface area contributed by atoms with Crippen molar-refractivity contribution in [1.82, 2.24) is 14.8 Å². The van der Waals surface area contributed by atoms with E-state index < -0.39 is 0 Å². The molecule has 158 valence electrons. The third-order valence-electron chi connectivity index (χ3n) is 6.41. The van der Waals surface area contributed by atoms with E-state index in [9.17, 15) is 0 Å². The fourth-order valence-corrected chi connectivity index (χ4v) is 4.69. The van der Waals surface area contributed by atoms with Crippen LogP contribution in [0.15, 0.2) is 84.7 Å². The smallest absolute Gasteiger partial charge is 0.226 e. The Morgan fingerprint density at radius 3 is 2.47 bits per heavy atom. The number of benzene rings is 3. The van der Waals surface area contributed by atoms with E-state index in [1.54, 1.807) is 6.33 Å². The molecule has 3 heterocycles. The maximum atomic E-state index is 6.67. The number of rotatable bonds is 3. The molecule has 1 aromatic heterocycles. The van der Waals surface area contributed by atoms with Crippen LogP contribution >= 0.6 is 0 Å². The lowest BCUT2D eigenvalue weighted by Gasteiger charge is -2.39. The quantitative estimate of drug-likeness (QED) is 0.461. The van der Waals surface area contributed by atoms with Gasteiger partial charge in [0, 0.05) is 11.1 Å². The zero-order valence-electron chi connectivity index (χ0n) is 18.1. The van der Waals surface area contributed by atoms with Gasteiger partial charge in [0.25, 0.3) is 0 Å². The van der Waals surface area contributed by atoms with Crippen molar-refractivity contribution in [1.29, 1.82) is 0 Å². The van der Waals surface area contributed by atoms with Crippen molar-refractivity contribution < 1.29 is 4.74 Å². The van der Waals surface area contributed by atoms with Crippen LogP contribution in [0.1, 0.15) is 46.9 Å². The monoisotopic (exact) mass is 420 g/mol. The molecule has 0 amide bonds. The summed E-state index contributed by atoms with van der Waals surface area (Å²) in [6, 6.07) is 25.5. The summed E-state index contributed by atoms with van der Waals surface area (Å²) in [5.41, 5.74) is 8.09. The normalized spacial score (nSPS) is 18.8. The molecule has 0 bridgehead atoms. The van der Waals surface area contributed by atoms with Gasteiger partial charge in [-0.25, -0.2) is 4.68 Å². The molecule has 6 rings (SSSR count). The number of para-hydroxylation sites is 1. The highest BCUT2D eigenvalue weighted by Gasteiger charge is 2.40. The Morgan fingerprint density at radius 2 is 1.69 bits per heavy atom. The topological polar surface area (TPSA) is 52.0 Å². The molecule has 5 nitrogen and oxygen atoms in total. The van der Waals surface area contributed by atoms with Crippen LogP contribution in [0.3, 0.4) is 0 Å². The Kier molecular flexibility index (Phi) is 4.35. The largest absolute Gasteiger partial charge is 0.480 e. The minimum atomic E-state index is -0.234. The van der Waals surface area contributed by atoms with Gasteiger partial charge in [-0.15, -0.1) is 0 Å². The van der Waals surface area contributed by atoms with E-state index in [1.807, 2.05) is 22.9 Å². The summed E-state index contributed by atoms with van der Waals surface area (Å²) in [6.45, 7) is 4.28. The van der Waals surface area contributed by atoms with Crippen molar-refractivity contribution in [3.63, 3.8) is 0 Å². The fourth-order valence-electron chi connectivity index (χ4n) is 4.69. The van der Waals surface area contributed by atoms with Gasteiger partial charge in [-0.05, 0) is 42.2 Å². The maximum absolute atomic E-state index is 6.67. The van der Waals surface area contributed by atoms with Gasteiger partial charge in [-0.2, -0.15) is 10.1 Å². The molecule has 3 aromatic carbocycles. The van der Waals surface area contributed by atoms with Gasteiger partial charge in [-0.3, -0.25) is 0 Å². The Balaban J connectivity index is 1.60. The van der Waals surface area contributed by atoms with Crippen molar-refractivity contribution in [2.45, 2.75) is 32.4 Å². The SMILES string of the molecule is CCc1ccc(C2Oc3ccccc3C3=C2C(c2ccc(C)cc2)n2ncnc2N3)cc1. The Labute approximate surface area is 187 Å². The van der Waals surface area contributed by atoms with Gasteiger partial charge in [0.1, 0.15) is 24.2 Å². The van der Waals surface area contributed by atoms with E-state index in [0.29, 0.717) is 0 Å². The first-order valence-corrected chi connectivity index (χ1v) is 11.0. The number of anilines is 1. The Hall–Kier alpha value is -3.86. The molecule has 5 heteroatoms. The van der Waals surface area contributed by atoms with Gasteiger partial charge >= 0.3 is 0 Å². The van der Waals surface area contributed by atoms with Gasteiger partial charge in [-0.1, -0.05) is 73.2 Å². The van der Waals surface area contributed by atoms with Gasteiger partial charge < -0.3 is 10.1 Å². The van der Waals surface area contributed by atoms with Crippen molar-refractivity contribution in [3.05, 3.63) is 113 Å². The molecule has 32 heavy (non-hydrogen) atoms. The summed E-state index contributed by atoms with van der Waals surface area (Å²) in [6.07, 6.45) is 2.39. The molecule has 0 spiro atoms. The molecule has 2 aliphatic heterocycles. The van der Waals surface area contributed by atoms with Crippen LogP contribution in [0.2, 0.25) is 0 Å². The third kappa shape index (κ3) is 2.93. The Bertz CT molecular complexity index is 1320. The minimum absolute atomic E-state index is 0.117. The summed E-state index contributed by atoms with van der Waals surface area (Å²) in [4.78, 5) is 4.50. The molecular weight excluding hydrogens is 396 g/mol. The molecule has 1 N–H and O–H groups in total. The first kappa shape index (κ1) is 18.9. The van der Waals surface area contributed by atoms with E-state index in [1.165, 1.54) is 11.1 Å². The summed E-state index contributed by atoms with van der Waals surface area (Å²) in [5, 5.41) is 8.15. The average molecular weight is 421 g/mol. The number of fused-ring (bicyclic) bond motifs is 3. The second-order valence-corrected chi connectivity index (χ2v) is 8.39. The minimum Gasteiger partial charge on any atom is -0.480 e. The standard InChI is InChI=1S/C27H24N4O/c1-3-18-10-14-20(15-11-18)26-23-24(21-6-4-5-7-22(21)32-26)30-27-28-16-29-31(27)25(23)19-12-8-17(2)9-13-19/h4-16,25-26H,3H2,1-2H3,(H,28,29,30). The van der Waals surface area contributed by atoms with Crippen molar-refractivity contribution in [2.75, 3.05) is 5.32 Å². The summed E-state index contributed by atoms with van der Waals surface area (Å²) >= 11 is 0. The predicted octanol–water partition coefficient (Wildman–Crippen LogP) is 5.71. The van der Waals surface area contributed by atoms with Crippen LogP contribution in [-0.4, -0.2) is 14.8 Å². The van der Waals surface area contributed by atoms with E-state index in [-0.39, 0.29) is 12.1 Å². The first-order valence-electron chi connectivity index (χ1n) is 11.0. The maximum Gasteiger partial charge on any atom is 0.226 e. The molecule has 0 radical (unpaired) electrons. The highest BCUT2D eigenvalue weighted by Crippen LogP contribution is 2.50. The summed E-state index contributed by atoms with van der Waals surface area (Å²) < 4.78 is 8.64. The lowest BCUT2D eigenvalue weighted by molar-refractivity contribution is 0.223. The first-order chi connectivity index (χ1) is 15.7. The van der Waals surface area contributed by atoms with Crippen molar-refractivity contribution >= 4 is 11.6 Å². The third-order valence-corrected chi connectivity index (χ3v) is 6.41. The number of hydrogen-bond donors (Lipinski definition) is 1. The van der Waals surface area contributed by atoms with Crippen LogP contribution in [0.4, 0.5) is 5.95 Å². The molecule has 0 aliphatic carbocycles. The van der Waals surface area contributed by atoms with E-state index in [0.717, 1.165) is 46.1 Å². The lowest BCUT2D eigenvalue weighted by atomic mass is 9.84. The zero-order chi connectivity index (χ0) is 21.7. The second-order valence-electron chi connectivity index (χ2n) is 8.39. The molecule has 0 fully saturated rings. The average Bonchev–Trinajstić information content (AvgIpc) is 3.31.